The third kappa shape index (κ3) is 3.79. The average Bonchev–Trinajstić information content (AvgIpc) is 2.26. The normalized spacial score (nSPS) is 11.8. The van der Waals surface area contributed by atoms with Crippen LogP contribution in [0.1, 0.15) is 10.4 Å². The van der Waals surface area contributed by atoms with E-state index < -0.39 is 15.8 Å². The Bertz CT molecular complexity index is 554. The number of nitrogens with zero attached hydrogens (tertiary/aromatic N) is 1. The van der Waals surface area contributed by atoms with Crippen LogP contribution in [0.4, 0.5) is 0 Å². The zero-order valence-corrected chi connectivity index (χ0v) is 12.5. The number of carboxylic acid groups (broad SMARTS) is 1. The maximum atomic E-state index is 12.0. The molecule has 0 fully saturated rings. The fourth-order valence-corrected chi connectivity index (χ4v) is 3.11. The van der Waals surface area contributed by atoms with Gasteiger partial charge in [-0.1, -0.05) is 0 Å². The van der Waals surface area contributed by atoms with Crippen LogP contribution >= 0.6 is 15.9 Å². The molecule has 0 aromatic heterocycles. The molecule has 1 N–H and O–H groups in total. The van der Waals surface area contributed by atoms with Gasteiger partial charge in [0.15, 0.2) is 9.84 Å². The molecule has 0 saturated heterocycles. The lowest BCUT2D eigenvalue weighted by molar-refractivity contribution is 0.0695. The predicted octanol–water partition coefficient (Wildman–Crippen LogP) is 1.48. The lowest BCUT2D eigenvalue weighted by Crippen LogP contribution is -2.22. The molecular formula is C11H14BrNO4S. The summed E-state index contributed by atoms with van der Waals surface area (Å²) in [4.78, 5) is 12.7. The van der Waals surface area contributed by atoms with E-state index in [0.29, 0.717) is 11.0 Å². The van der Waals surface area contributed by atoms with Crippen LogP contribution in [0.15, 0.2) is 27.6 Å². The minimum atomic E-state index is -3.45. The van der Waals surface area contributed by atoms with E-state index in [1.165, 1.54) is 18.2 Å². The number of carboxylic acids is 1. The van der Waals surface area contributed by atoms with Crippen LogP contribution < -0.4 is 0 Å². The summed E-state index contributed by atoms with van der Waals surface area (Å²) in [5.41, 5.74) is -0.0547. The van der Waals surface area contributed by atoms with E-state index >= 15 is 0 Å². The minimum Gasteiger partial charge on any atom is -0.478 e. The van der Waals surface area contributed by atoms with Crippen molar-refractivity contribution in [3.63, 3.8) is 0 Å². The van der Waals surface area contributed by atoms with Gasteiger partial charge in [0.25, 0.3) is 0 Å². The standard InChI is InChI=1S/C11H14BrNO4S/c1-13(2)5-6-18(16,17)8-3-4-10(12)9(7-8)11(14)15/h3-4,7H,5-6H2,1-2H3,(H,14,15). The molecule has 7 heteroatoms. The summed E-state index contributed by atoms with van der Waals surface area (Å²) in [5.74, 6) is -1.20. The molecule has 5 nitrogen and oxygen atoms in total. The Morgan fingerprint density at radius 1 is 1.39 bits per heavy atom. The van der Waals surface area contributed by atoms with Gasteiger partial charge in [0.2, 0.25) is 0 Å². The fraction of sp³-hybridized carbons (Fsp3) is 0.364. The van der Waals surface area contributed by atoms with Crippen LogP contribution in [0.5, 0.6) is 0 Å². The van der Waals surface area contributed by atoms with Gasteiger partial charge in [0.1, 0.15) is 0 Å². The first-order valence-corrected chi connectivity index (χ1v) is 7.59. The molecule has 0 spiro atoms. The minimum absolute atomic E-state index is 0.0324. The Kier molecular flexibility index (Phi) is 4.89. The van der Waals surface area contributed by atoms with Crippen molar-refractivity contribution in [1.29, 1.82) is 0 Å². The van der Waals surface area contributed by atoms with Crippen molar-refractivity contribution in [2.45, 2.75) is 4.90 Å². The van der Waals surface area contributed by atoms with E-state index in [0.717, 1.165) is 0 Å². The molecular weight excluding hydrogens is 322 g/mol. The second-order valence-electron chi connectivity index (χ2n) is 4.07. The van der Waals surface area contributed by atoms with Crippen LogP contribution in [-0.4, -0.2) is 50.8 Å². The Morgan fingerprint density at radius 3 is 2.50 bits per heavy atom. The molecule has 18 heavy (non-hydrogen) atoms. The van der Waals surface area contributed by atoms with Gasteiger partial charge in [-0.15, -0.1) is 0 Å². The summed E-state index contributed by atoms with van der Waals surface area (Å²) < 4.78 is 24.3. The van der Waals surface area contributed by atoms with E-state index in [1.54, 1.807) is 19.0 Å². The van der Waals surface area contributed by atoms with E-state index in [2.05, 4.69) is 15.9 Å². The first-order chi connectivity index (χ1) is 8.24. The Hall–Kier alpha value is -0.920. The van der Waals surface area contributed by atoms with Crippen molar-refractivity contribution in [2.24, 2.45) is 0 Å². The van der Waals surface area contributed by atoms with Crippen LogP contribution in [-0.2, 0) is 9.84 Å². The lowest BCUT2D eigenvalue weighted by Gasteiger charge is -2.10. The van der Waals surface area contributed by atoms with Gasteiger partial charge in [-0.05, 0) is 48.2 Å². The van der Waals surface area contributed by atoms with E-state index in [4.69, 9.17) is 5.11 Å². The second kappa shape index (κ2) is 5.81. The highest BCUT2D eigenvalue weighted by molar-refractivity contribution is 9.10. The molecule has 0 aliphatic heterocycles. The number of hydrogen-bond donors (Lipinski definition) is 1. The smallest absolute Gasteiger partial charge is 0.336 e. The summed E-state index contributed by atoms with van der Waals surface area (Å²) in [6.07, 6.45) is 0. The predicted molar refractivity (Wildman–Crippen MR) is 71.7 cm³/mol. The molecule has 1 aromatic rings. The van der Waals surface area contributed by atoms with Crippen molar-refractivity contribution in [1.82, 2.24) is 4.90 Å². The number of rotatable bonds is 5. The summed E-state index contributed by atoms with van der Waals surface area (Å²) in [6.45, 7) is 0.390. The number of carbonyl (C=O) groups is 1. The maximum absolute atomic E-state index is 12.0. The zero-order chi connectivity index (χ0) is 13.9. The monoisotopic (exact) mass is 335 g/mol. The number of hydrogen-bond acceptors (Lipinski definition) is 4. The third-order valence-corrected chi connectivity index (χ3v) is 4.72. The Labute approximate surface area is 114 Å². The van der Waals surface area contributed by atoms with E-state index in [-0.39, 0.29) is 16.2 Å². The van der Waals surface area contributed by atoms with Gasteiger partial charge in [-0.3, -0.25) is 0 Å². The molecule has 0 heterocycles. The van der Waals surface area contributed by atoms with Crippen molar-refractivity contribution in [3.05, 3.63) is 28.2 Å². The highest BCUT2D eigenvalue weighted by Gasteiger charge is 2.18. The average molecular weight is 336 g/mol. The first-order valence-electron chi connectivity index (χ1n) is 5.14. The molecule has 0 bridgehead atoms. The van der Waals surface area contributed by atoms with Gasteiger partial charge in [0, 0.05) is 11.0 Å². The molecule has 0 aliphatic carbocycles. The highest BCUT2D eigenvalue weighted by Crippen LogP contribution is 2.21. The van der Waals surface area contributed by atoms with Crippen molar-refractivity contribution < 1.29 is 18.3 Å². The van der Waals surface area contributed by atoms with E-state index in [9.17, 15) is 13.2 Å². The second-order valence-corrected chi connectivity index (χ2v) is 7.03. The molecule has 0 unspecified atom stereocenters. The largest absolute Gasteiger partial charge is 0.478 e. The summed E-state index contributed by atoms with van der Waals surface area (Å²) in [5, 5.41) is 8.94. The first kappa shape index (κ1) is 15.1. The van der Waals surface area contributed by atoms with E-state index in [1.807, 2.05) is 0 Å². The molecule has 0 saturated carbocycles. The fourth-order valence-electron chi connectivity index (χ4n) is 1.28. The van der Waals surface area contributed by atoms with Crippen LogP contribution in [0.25, 0.3) is 0 Å². The molecule has 100 valence electrons. The number of benzene rings is 1. The highest BCUT2D eigenvalue weighted by atomic mass is 79.9. The van der Waals surface area contributed by atoms with Crippen LogP contribution in [0, 0.1) is 0 Å². The molecule has 0 amide bonds. The van der Waals surface area contributed by atoms with Gasteiger partial charge >= 0.3 is 5.97 Å². The van der Waals surface area contributed by atoms with Crippen LogP contribution in [0.3, 0.4) is 0 Å². The maximum Gasteiger partial charge on any atom is 0.336 e. The number of halogens is 1. The zero-order valence-electron chi connectivity index (χ0n) is 10.1. The van der Waals surface area contributed by atoms with Gasteiger partial charge < -0.3 is 10.0 Å². The molecule has 0 atom stereocenters. The SMILES string of the molecule is CN(C)CCS(=O)(=O)c1ccc(Br)c(C(=O)O)c1. The summed E-state index contributed by atoms with van der Waals surface area (Å²) >= 11 is 3.08. The molecule has 0 radical (unpaired) electrons. The Balaban J connectivity index is 3.10. The Morgan fingerprint density at radius 2 is 2.00 bits per heavy atom. The van der Waals surface area contributed by atoms with Gasteiger partial charge in [-0.2, -0.15) is 0 Å². The van der Waals surface area contributed by atoms with Crippen molar-refractivity contribution >= 4 is 31.7 Å². The van der Waals surface area contributed by atoms with Crippen LogP contribution in [0.2, 0.25) is 0 Å². The number of sulfone groups is 1. The van der Waals surface area contributed by atoms with Gasteiger partial charge in [-0.25, -0.2) is 13.2 Å². The summed E-state index contributed by atoms with van der Waals surface area (Å²) in [7, 11) is 0.101. The molecule has 0 aliphatic rings. The molecule has 1 rings (SSSR count). The molecule has 1 aromatic carbocycles. The topological polar surface area (TPSA) is 74.7 Å². The van der Waals surface area contributed by atoms with Crippen molar-refractivity contribution in [3.8, 4) is 0 Å². The van der Waals surface area contributed by atoms with Gasteiger partial charge in [0.05, 0.1) is 16.2 Å². The third-order valence-electron chi connectivity index (χ3n) is 2.33. The van der Waals surface area contributed by atoms with Crippen molar-refractivity contribution in [2.75, 3.05) is 26.4 Å². The summed E-state index contributed by atoms with van der Waals surface area (Å²) in [6, 6.07) is 4.02. The lowest BCUT2D eigenvalue weighted by atomic mass is 10.2. The quantitative estimate of drug-likeness (QED) is 0.882. The number of aromatic carboxylic acids is 1.